The van der Waals surface area contributed by atoms with Gasteiger partial charge in [-0.05, 0) is 43.2 Å². The number of nitrogens with zero attached hydrogens (tertiary/aromatic N) is 2. The van der Waals surface area contributed by atoms with Gasteiger partial charge in [0.15, 0.2) is 5.16 Å². The van der Waals surface area contributed by atoms with Gasteiger partial charge in [0.05, 0.1) is 29.5 Å². The van der Waals surface area contributed by atoms with Crippen LogP contribution in [0.4, 0.5) is 0 Å². The van der Waals surface area contributed by atoms with Crippen LogP contribution in [-0.4, -0.2) is 34.4 Å². The first-order valence-corrected chi connectivity index (χ1v) is 10.2. The Morgan fingerprint density at radius 1 is 1.32 bits per heavy atom. The van der Waals surface area contributed by atoms with Crippen molar-refractivity contribution in [2.45, 2.75) is 24.0 Å². The normalized spacial score (nSPS) is 13.5. The summed E-state index contributed by atoms with van der Waals surface area (Å²) in [5.41, 5.74) is 0.828. The second-order valence-corrected chi connectivity index (χ2v) is 7.88. The van der Waals surface area contributed by atoms with E-state index in [-0.39, 0.29) is 23.3 Å². The number of benzene rings is 2. The lowest BCUT2D eigenvalue weighted by molar-refractivity contribution is -0.118. The van der Waals surface area contributed by atoms with E-state index in [4.69, 9.17) is 16.3 Å². The molecule has 1 aliphatic carbocycles. The molecule has 2 aromatic carbocycles. The summed E-state index contributed by atoms with van der Waals surface area (Å²) in [4.78, 5) is 30.0. The maximum atomic E-state index is 13.3. The van der Waals surface area contributed by atoms with Crippen LogP contribution >= 0.6 is 23.4 Å². The molecule has 0 spiro atoms. The molecule has 0 unspecified atom stereocenters. The minimum Gasteiger partial charge on any atom is -0.495 e. The van der Waals surface area contributed by atoms with E-state index in [9.17, 15) is 9.59 Å². The molecule has 144 valence electrons. The summed E-state index contributed by atoms with van der Waals surface area (Å²) in [6.07, 6.45) is 2.05. The number of carbonyl (C=O) groups is 1. The number of fused-ring (bicyclic) bond motifs is 1. The molecule has 0 radical (unpaired) electrons. The summed E-state index contributed by atoms with van der Waals surface area (Å²) >= 11 is 7.29. The fourth-order valence-electron chi connectivity index (χ4n) is 2.89. The molecule has 1 heterocycles. The summed E-state index contributed by atoms with van der Waals surface area (Å²) in [7, 11) is 1.55. The summed E-state index contributed by atoms with van der Waals surface area (Å²) < 4.78 is 6.92. The first-order valence-electron chi connectivity index (χ1n) is 8.84. The molecule has 28 heavy (non-hydrogen) atoms. The van der Waals surface area contributed by atoms with Gasteiger partial charge < -0.3 is 10.1 Å². The van der Waals surface area contributed by atoms with E-state index in [1.807, 2.05) is 12.1 Å². The molecule has 1 fully saturated rings. The fourth-order valence-corrected chi connectivity index (χ4v) is 3.87. The Bertz CT molecular complexity index is 1110. The molecule has 1 aliphatic rings. The Hall–Kier alpha value is -2.51. The molecule has 0 bridgehead atoms. The van der Waals surface area contributed by atoms with Crippen molar-refractivity contribution in [2.75, 3.05) is 12.9 Å². The van der Waals surface area contributed by atoms with Crippen LogP contribution in [0.15, 0.2) is 52.4 Å². The highest BCUT2D eigenvalue weighted by Gasteiger charge is 2.24. The highest BCUT2D eigenvalue weighted by Crippen LogP contribution is 2.28. The number of halogens is 1. The van der Waals surface area contributed by atoms with Crippen molar-refractivity contribution in [3.8, 4) is 11.4 Å². The van der Waals surface area contributed by atoms with Gasteiger partial charge in [-0.25, -0.2) is 4.98 Å². The van der Waals surface area contributed by atoms with Crippen LogP contribution in [0.5, 0.6) is 5.75 Å². The van der Waals surface area contributed by atoms with Gasteiger partial charge in [-0.2, -0.15) is 0 Å². The predicted molar refractivity (Wildman–Crippen MR) is 111 cm³/mol. The highest BCUT2D eigenvalue weighted by molar-refractivity contribution is 7.99. The second-order valence-electron chi connectivity index (χ2n) is 6.50. The van der Waals surface area contributed by atoms with Crippen LogP contribution in [-0.2, 0) is 4.79 Å². The van der Waals surface area contributed by atoms with Crippen molar-refractivity contribution >= 4 is 40.2 Å². The van der Waals surface area contributed by atoms with Crippen molar-refractivity contribution in [3.05, 3.63) is 57.8 Å². The smallest absolute Gasteiger partial charge is 0.266 e. The number of ether oxygens (including phenoxy) is 1. The Morgan fingerprint density at radius 3 is 2.86 bits per heavy atom. The monoisotopic (exact) mass is 415 g/mol. The number of nitrogens with one attached hydrogen (secondary N) is 1. The van der Waals surface area contributed by atoms with Crippen LogP contribution in [0.1, 0.15) is 12.8 Å². The second kappa shape index (κ2) is 7.85. The van der Waals surface area contributed by atoms with Crippen LogP contribution in [0.25, 0.3) is 16.6 Å². The number of aromatic nitrogens is 2. The fraction of sp³-hybridized carbons (Fsp3) is 0.250. The van der Waals surface area contributed by atoms with Gasteiger partial charge in [0.25, 0.3) is 5.56 Å². The third-order valence-electron chi connectivity index (χ3n) is 4.40. The third kappa shape index (κ3) is 3.86. The maximum Gasteiger partial charge on any atom is 0.266 e. The average Bonchev–Trinajstić information content (AvgIpc) is 3.50. The molecule has 1 saturated carbocycles. The number of hydrogen-bond acceptors (Lipinski definition) is 5. The molecule has 0 saturated heterocycles. The number of hydrogen-bond donors (Lipinski definition) is 1. The van der Waals surface area contributed by atoms with E-state index in [0.717, 1.165) is 12.8 Å². The number of carbonyl (C=O) groups excluding carboxylic acids is 1. The van der Waals surface area contributed by atoms with Gasteiger partial charge in [-0.15, -0.1) is 0 Å². The van der Waals surface area contributed by atoms with Crippen LogP contribution in [0, 0.1) is 0 Å². The standard InChI is InChI=1S/C20H18ClN3O3S/c1-27-17-5-3-2-4-16(17)24-19(26)14-9-6-12(21)10-15(14)23-20(24)28-11-18(25)22-13-7-8-13/h2-6,9-10,13H,7-8,11H2,1H3,(H,22,25). The molecule has 8 heteroatoms. The van der Waals surface area contributed by atoms with Gasteiger partial charge in [-0.3, -0.25) is 14.2 Å². The van der Waals surface area contributed by atoms with E-state index < -0.39 is 0 Å². The van der Waals surface area contributed by atoms with E-state index in [1.54, 1.807) is 37.4 Å². The summed E-state index contributed by atoms with van der Waals surface area (Å²) in [5.74, 6) is 0.646. The lowest BCUT2D eigenvalue weighted by Crippen LogP contribution is -2.28. The molecule has 1 aromatic heterocycles. The van der Waals surface area contributed by atoms with Crippen molar-refractivity contribution in [3.63, 3.8) is 0 Å². The molecule has 1 N–H and O–H groups in total. The van der Waals surface area contributed by atoms with Crippen LogP contribution in [0.3, 0.4) is 0 Å². The summed E-state index contributed by atoms with van der Waals surface area (Å²) in [6.45, 7) is 0. The van der Waals surface area contributed by atoms with Crippen molar-refractivity contribution in [1.82, 2.24) is 14.9 Å². The number of para-hydroxylation sites is 2. The SMILES string of the molecule is COc1ccccc1-n1c(SCC(=O)NC2CC2)nc2cc(Cl)ccc2c1=O. The summed E-state index contributed by atoms with van der Waals surface area (Å²) in [5, 5.41) is 4.30. The van der Waals surface area contributed by atoms with E-state index in [1.165, 1.54) is 16.3 Å². The third-order valence-corrected chi connectivity index (χ3v) is 5.58. The molecule has 4 rings (SSSR count). The Balaban J connectivity index is 1.82. The lowest BCUT2D eigenvalue weighted by Gasteiger charge is -2.15. The quantitative estimate of drug-likeness (QED) is 0.493. The van der Waals surface area contributed by atoms with Gasteiger partial charge in [-0.1, -0.05) is 35.5 Å². The minimum absolute atomic E-state index is 0.0699. The van der Waals surface area contributed by atoms with Crippen LogP contribution < -0.4 is 15.6 Å². The molecule has 0 atom stereocenters. The number of methoxy groups -OCH3 is 1. The molecular formula is C20H18ClN3O3S. The Labute approximate surface area is 170 Å². The van der Waals surface area contributed by atoms with Crippen LogP contribution in [0.2, 0.25) is 5.02 Å². The van der Waals surface area contributed by atoms with Crippen molar-refractivity contribution in [2.24, 2.45) is 0 Å². The first kappa shape index (κ1) is 18.8. The highest BCUT2D eigenvalue weighted by atomic mass is 35.5. The summed E-state index contributed by atoms with van der Waals surface area (Å²) in [6, 6.07) is 12.5. The van der Waals surface area contributed by atoms with E-state index >= 15 is 0 Å². The number of thioether (sulfide) groups is 1. The number of rotatable bonds is 6. The van der Waals surface area contributed by atoms with E-state index in [0.29, 0.717) is 32.5 Å². The van der Waals surface area contributed by atoms with Gasteiger partial charge in [0.1, 0.15) is 5.75 Å². The van der Waals surface area contributed by atoms with Crippen molar-refractivity contribution < 1.29 is 9.53 Å². The molecule has 6 nitrogen and oxygen atoms in total. The predicted octanol–water partition coefficient (Wildman–Crippen LogP) is 3.42. The molecule has 0 aliphatic heterocycles. The molecule has 3 aromatic rings. The Morgan fingerprint density at radius 2 is 2.11 bits per heavy atom. The first-order chi connectivity index (χ1) is 13.6. The maximum absolute atomic E-state index is 13.3. The van der Waals surface area contributed by atoms with E-state index in [2.05, 4.69) is 10.3 Å². The molecule has 1 amide bonds. The number of amides is 1. The zero-order valence-electron chi connectivity index (χ0n) is 15.1. The largest absolute Gasteiger partial charge is 0.495 e. The minimum atomic E-state index is -0.240. The van der Waals surface area contributed by atoms with Gasteiger partial charge >= 0.3 is 0 Å². The average molecular weight is 416 g/mol. The molecular weight excluding hydrogens is 398 g/mol. The lowest BCUT2D eigenvalue weighted by atomic mass is 10.2. The zero-order chi connectivity index (χ0) is 19.7. The van der Waals surface area contributed by atoms with Gasteiger partial charge in [0, 0.05) is 11.1 Å². The zero-order valence-corrected chi connectivity index (χ0v) is 16.7. The van der Waals surface area contributed by atoms with Crippen molar-refractivity contribution in [1.29, 1.82) is 0 Å². The topological polar surface area (TPSA) is 73.2 Å². The Kier molecular flexibility index (Phi) is 5.28. The van der Waals surface area contributed by atoms with Gasteiger partial charge in [0.2, 0.25) is 5.91 Å².